The number of aryl methyl sites for hydroxylation is 1. The number of nitrogens with zero attached hydrogens (tertiary/aromatic N) is 1. The summed E-state index contributed by atoms with van der Waals surface area (Å²) in [6.45, 7) is 2.08. The summed E-state index contributed by atoms with van der Waals surface area (Å²) in [5.74, 6) is 2.27. The number of benzene rings is 1. The van der Waals surface area contributed by atoms with Crippen LogP contribution in [0.1, 0.15) is 44.1 Å². The monoisotopic (exact) mass is 399 g/mol. The van der Waals surface area contributed by atoms with E-state index in [-0.39, 0.29) is 24.0 Å². The minimum absolute atomic E-state index is 0. The molecule has 1 aromatic rings. The number of nitrogens with one attached hydrogen (secondary N) is 1. The van der Waals surface area contributed by atoms with Crippen LogP contribution in [-0.4, -0.2) is 12.0 Å². The van der Waals surface area contributed by atoms with Gasteiger partial charge in [0.15, 0.2) is 5.96 Å². The van der Waals surface area contributed by atoms with Crippen LogP contribution in [0.3, 0.4) is 0 Å². The Bertz CT molecular complexity index is 495. The lowest BCUT2D eigenvalue weighted by Gasteiger charge is -2.21. The first-order chi connectivity index (χ1) is 9.72. The van der Waals surface area contributed by atoms with E-state index in [9.17, 15) is 0 Å². The molecule has 2 atom stereocenters. The van der Waals surface area contributed by atoms with Gasteiger partial charge in [0, 0.05) is 5.69 Å². The molecule has 0 spiro atoms. The summed E-state index contributed by atoms with van der Waals surface area (Å²) < 4.78 is 0. The van der Waals surface area contributed by atoms with Crippen molar-refractivity contribution < 1.29 is 0 Å². The summed E-state index contributed by atoms with van der Waals surface area (Å²) in [7, 11) is 0. The summed E-state index contributed by atoms with van der Waals surface area (Å²) in [5, 5.41) is 3.21. The number of hydrogen-bond donors (Lipinski definition) is 2. The van der Waals surface area contributed by atoms with Crippen molar-refractivity contribution in [3.8, 4) is 0 Å². The van der Waals surface area contributed by atoms with E-state index in [0.29, 0.717) is 12.0 Å². The SMILES string of the molecule is Cc1cccc(NC(N)=NC2CC2C2CCCCC2)c1.I. The Hall–Kier alpha value is -0.780. The van der Waals surface area contributed by atoms with E-state index in [0.717, 1.165) is 17.5 Å². The zero-order valence-corrected chi connectivity index (χ0v) is 15.0. The van der Waals surface area contributed by atoms with Crippen molar-refractivity contribution in [2.75, 3.05) is 5.32 Å². The van der Waals surface area contributed by atoms with Gasteiger partial charge in [-0.3, -0.25) is 0 Å². The highest BCUT2D eigenvalue weighted by atomic mass is 127. The van der Waals surface area contributed by atoms with Gasteiger partial charge in [0.05, 0.1) is 6.04 Å². The van der Waals surface area contributed by atoms with Crippen molar-refractivity contribution in [1.82, 2.24) is 0 Å². The number of nitrogens with two attached hydrogens (primary N) is 1. The molecule has 21 heavy (non-hydrogen) atoms. The minimum atomic E-state index is 0. The third-order valence-corrected chi connectivity index (χ3v) is 4.66. The lowest BCUT2D eigenvalue weighted by atomic mass is 9.85. The summed E-state index contributed by atoms with van der Waals surface area (Å²) in [6, 6.07) is 8.70. The molecule has 1 aromatic carbocycles. The van der Waals surface area contributed by atoms with E-state index in [1.165, 1.54) is 44.1 Å². The topological polar surface area (TPSA) is 50.4 Å². The highest BCUT2D eigenvalue weighted by Gasteiger charge is 2.43. The Morgan fingerprint density at radius 1 is 1.24 bits per heavy atom. The molecule has 2 aliphatic rings. The molecule has 0 aromatic heterocycles. The van der Waals surface area contributed by atoms with Gasteiger partial charge in [0.2, 0.25) is 0 Å². The van der Waals surface area contributed by atoms with E-state index >= 15 is 0 Å². The highest BCUT2D eigenvalue weighted by molar-refractivity contribution is 14.0. The fraction of sp³-hybridized carbons (Fsp3) is 0.588. The fourth-order valence-electron chi connectivity index (χ4n) is 3.50. The fourth-order valence-corrected chi connectivity index (χ4v) is 3.50. The average molecular weight is 399 g/mol. The smallest absolute Gasteiger partial charge is 0.193 e. The Balaban J connectivity index is 0.00000161. The van der Waals surface area contributed by atoms with Gasteiger partial charge < -0.3 is 11.1 Å². The maximum atomic E-state index is 6.03. The molecule has 4 heteroatoms. The average Bonchev–Trinajstić information content (AvgIpc) is 3.19. The molecule has 0 amide bonds. The second kappa shape index (κ2) is 7.47. The maximum absolute atomic E-state index is 6.03. The molecule has 0 saturated heterocycles. The van der Waals surface area contributed by atoms with Gasteiger partial charge in [-0.25, -0.2) is 4.99 Å². The van der Waals surface area contributed by atoms with Gasteiger partial charge in [-0.05, 0) is 42.9 Å². The molecule has 3 rings (SSSR count). The van der Waals surface area contributed by atoms with E-state index < -0.39 is 0 Å². The third-order valence-electron chi connectivity index (χ3n) is 4.66. The van der Waals surface area contributed by atoms with E-state index in [2.05, 4.69) is 29.4 Å². The van der Waals surface area contributed by atoms with Crippen LogP contribution in [0.4, 0.5) is 5.69 Å². The zero-order valence-electron chi connectivity index (χ0n) is 12.7. The number of guanidine groups is 1. The van der Waals surface area contributed by atoms with Gasteiger partial charge >= 0.3 is 0 Å². The molecule has 0 aliphatic heterocycles. The lowest BCUT2D eigenvalue weighted by molar-refractivity contribution is 0.318. The van der Waals surface area contributed by atoms with Crippen LogP contribution in [0.2, 0.25) is 0 Å². The first-order valence-corrected chi connectivity index (χ1v) is 7.89. The van der Waals surface area contributed by atoms with Crippen LogP contribution in [0.5, 0.6) is 0 Å². The van der Waals surface area contributed by atoms with Gasteiger partial charge in [0.1, 0.15) is 0 Å². The van der Waals surface area contributed by atoms with Gasteiger partial charge in [-0.15, -0.1) is 24.0 Å². The maximum Gasteiger partial charge on any atom is 0.193 e. The van der Waals surface area contributed by atoms with Crippen LogP contribution < -0.4 is 11.1 Å². The summed E-state index contributed by atoms with van der Waals surface area (Å²) in [4.78, 5) is 4.65. The Kier molecular flexibility index (Phi) is 5.90. The molecule has 0 heterocycles. The van der Waals surface area contributed by atoms with Crippen LogP contribution in [0.15, 0.2) is 29.3 Å². The lowest BCUT2D eigenvalue weighted by Crippen LogP contribution is -2.23. The predicted octanol–water partition coefficient (Wildman–Crippen LogP) is 4.31. The van der Waals surface area contributed by atoms with Crippen molar-refractivity contribution in [3.63, 3.8) is 0 Å². The zero-order chi connectivity index (χ0) is 13.9. The first-order valence-electron chi connectivity index (χ1n) is 7.89. The molecule has 0 radical (unpaired) electrons. The summed E-state index contributed by atoms with van der Waals surface area (Å²) in [6.07, 6.45) is 8.29. The summed E-state index contributed by atoms with van der Waals surface area (Å²) >= 11 is 0. The molecule has 0 bridgehead atoms. The highest BCUT2D eigenvalue weighted by Crippen LogP contribution is 2.46. The quantitative estimate of drug-likeness (QED) is 0.452. The predicted molar refractivity (Wildman–Crippen MR) is 100 cm³/mol. The molecule has 2 aliphatic carbocycles. The molecule has 2 unspecified atom stereocenters. The largest absolute Gasteiger partial charge is 0.370 e. The second-order valence-electron chi connectivity index (χ2n) is 6.37. The molecular formula is C17H26IN3. The van der Waals surface area contributed by atoms with Crippen molar-refractivity contribution >= 4 is 35.6 Å². The van der Waals surface area contributed by atoms with Crippen LogP contribution in [0, 0.1) is 18.8 Å². The Labute approximate surface area is 144 Å². The van der Waals surface area contributed by atoms with Crippen molar-refractivity contribution in [2.24, 2.45) is 22.6 Å². The molecule has 2 saturated carbocycles. The first kappa shape index (κ1) is 16.6. The van der Waals surface area contributed by atoms with Crippen LogP contribution in [0.25, 0.3) is 0 Å². The van der Waals surface area contributed by atoms with Crippen molar-refractivity contribution in [3.05, 3.63) is 29.8 Å². The Morgan fingerprint density at radius 2 is 2.00 bits per heavy atom. The van der Waals surface area contributed by atoms with Gasteiger partial charge in [-0.1, -0.05) is 44.2 Å². The van der Waals surface area contributed by atoms with Crippen LogP contribution in [-0.2, 0) is 0 Å². The Morgan fingerprint density at radius 3 is 2.71 bits per heavy atom. The van der Waals surface area contributed by atoms with Crippen LogP contribution >= 0.6 is 24.0 Å². The standard InChI is InChI=1S/C17H25N3.HI/c1-12-6-5-9-14(10-12)19-17(18)20-16-11-15(16)13-7-3-2-4-8-13;/h5-6,9-10,13,15-16H,2-4,7-8,11H2,1H3,(H3,18,19,20);1H. The minimum Gasteiger partial charge on any atom is -0.370 e. The van der Waals surface area contributed by atoms with E-state index in [4.69, 9.17) is 5.73 Å². The molecule has 116 valence electrons. The number of rotatable bonds is 3. The number of halogens is 1. The summed E-state index contributed by atoms with van der Waals surface area (Å²) in [5.41, 5.74) is 8.29. The second-order valence-corrected chi connectivity index (χ2v) is 6.37. The number of hydrogen-bond acceptors (Lipinski definition) is 1. The van der Waals surface area contributed by atoms with Crippen molar-refractivity contribution in [1.29, 1.82) is 0 Å². The normalized spacial score (nSPS) is 26.0. The van der Waals surface area contributed by atoms with Gasteiger partial charge in [0.25, 0.3) is 0 Å². The number of anilines is 1. The molecule has 3 N–H and O–H groups in total. The van der Waals surface area contributed by atoms with Crippen molar-refractivity contribution in [2.45, 2.75) is 51.5 Å². The molecule has 2 fully saturated rings. The van der Waals surface area contributed by atoms with Gasteiger partial charge in [-0.2, -0.15) is 0 Å². The van der Waals surface area contributed by atoms with E-state index in [1.54, 1.807) is 0 Å². The molecule has 3 nitrogen and oxygen atoms in total. The third kappa shape index (κ3) is 4.59. The molecular weight excluding hydrogens is 373 g/mol. The number of aliphatic imine (C=N–C) groups is 1. The van der Waals surface area contributed by atoms with E-state index in [1.807, 2.05) is 12.1 Å².